The van der Waals surface area contributed by atoms with Crippen LogP contribution in [0.4, 0.5) is 0 Å². The minimum Gasteiger partial charge on any atom is -0.376 e. The topological polar surface area (TPSA) is 39.1 Å². The van der Waals surface area contributed by atoms with Gasteiger partial charge in [-0.15, -0.1) is 0 Å². The molecule has 5 heteroatoms. The Morgan fingerprint density at radius 3 is 2.56 bits per heavy atom. The van der Waals surface area contributed by atoms with E-state index < -0.39 is 0 Å². The third kappa shape index (κ3) is 3.33. The van der Waals surface area contributed by atoms with Crippen LogP contribution in [0.2, 0.25) is 0 Å². The maximum Gasteiger partial charge on any atom is 0.0782 e. The summed E-state index contributed by atoms with van der Waals surface area (Å²) in [5, 5.41) is 7.80. The van der Waals surface area contributed by atoms with Gasteiger partial charge >= 0.3 is 0 Å². The predicted octanol–water partition coefficient (Wildman–Crippen LogP) is 3.30. The average Bonchev–Trinajstić information content (AvgIpc) is 2.71. The summed E-state index contributed by atoms with van der Waals surface area (Å²) < 4.78 is 8.92. The van der Waals surface area contributed by atoms with Crippen molar-refractivity contribution in [1.82, 2.24) is 15.1 Å². The molecule has 0 saturated heterocycles. The summed E-state index contributed by atoms with van der Waals surface area (Å²) in [5.41, 5.74) is 1.16. The molecule has 4 nitrogen and oxygen atoms in total. The van der Waals surface area contributed by atoms with E-state index in [2.05, 4.69) is 47.1 Å². The van der Waals surface area contributed by atoms with Gasteiger partial charge in [-0.05, 0) is 50.2 Å². The lowest BCUT2D eigenvalue weighted by Gasteiger charge is -2.27. The van der Waals surface area contributed by atoms with Crippen LogP contribution in [0.5, 0.6) is 0 Å². The first-order valence-corrected chi connectivity index (χ1v) is 7.37. The first kappa shape index (κ1) is 15.7. The summed E-state index contributed by atoms with van der Waals surface area (Å²) >= 11 is 3.60. The van der Waals surface area contributed by atoms with E-state index in [1.165, 1.54) is 0 Å². The second-order valence-corrected chi connectivity index (χ2v) is 5.44. The molecule has 0 fully saturated rings. The maximum atomic E-state index is 5.83. The van der Waals surface area contributed by atoms with Gasteiger partial charge < -0.3 is 10.1 Å². The minimum atomic E-state index is 0.147. The molecule has 0 aliphatic rings. The summed E-state index contributed by atoms with van der Waals surface area (Å²) in [7, 11) is 1.97. The molecule has 0 radical (unpaired) electrons. The molecule has 1 N–H and O–H groups in total. The molecule has 18 heavy (non-hydrogen) atoms. The van der Waals surface area contributed by atoms with Crippen molar-refractivity contribution < 1.29 is 4.74 Å². The monoisotopic (exact) mass is 317 g/mol. The first-order valence-electron chi connectivity index (χ1n) is 6.58. The number of aromatic nitrogens is 2. The Labute approximate surface area is 118 Å². The van der Waals surface area contributed by atoms with E-state index in [4.69, 9.17) is 4.74 Å². The highest BCUT2D eigenvalue weighted by atomic mass is 79.9. The van der Waals surface area contributed by atoms with Crippen molar-refractivity contribution in [1.29, 1.82) is 0 Å². The zero-order chi connectivity index (χ0) is 13.7. The third-order valence-corrected chi connectivity index (χ3v) is 3.65. The van der Waals surface area contributed by atoms with Crippen LogP contribution in [0.3, 0.4) is 0 Å². The highest BCUT2D eigenvalue weighted by molar-refractivity contribution is 9.10. The smallest absolute Gasteiger partial charge is 0.0782 e. The first-order chi connectivity index (χ1) is 8.56. The highest BCUT2D eigenvalue weighted by Crippen LogP contribution is 2.30. The van der Waals surface area contributed by atoms with Crippen LogP contribution in [-0.2, 0) is 4.74 Å². The molecule has 1 rings (SSSR count). The molecular formula is C13H24BrN3O. The number of likely N-dealkylation sites (N-methyl/N-ethyl adjacent to an activating group) is 1. The number of halogens is 1. The Morgan fingerprint density at radius 1 is 1.44 bits per heavy atom. The van der Waals surface area contributed by atoms with Crippen LogP contribution in [0.1, 0.15) is 51.9 Å². The fourth-order valence-electron chi connectivity index (χ4n) is 2.22. The lowest BCUT2D eigenvalue weighted by atomic mass is 10.0. The van der Waals surface area contributed by atoms with E-state index in [9.17, 15) is 0 Å². The van der Waals surface area contributed by atoms with Gasteiger partial charge in [0.2, 0.25) is 0 Å². The van der Waals surface area contributed by atoms with E-state index in [0.717, 1.165) is 23.2 Å². The van der Waals surface area contributed by atoms with Crippen LogP contribution >= 0.6 is 15.9 Å². The number of rotatable bonds is 7. The molecule has 104 valence electrons. The van der Waals surface area contributed by atoms with Crippen molar-refractivity contribution >= 4 is 15.9 Å². The molecule has 0 aliphatic carbocycles. The SMILES string of the molecule is CCOC(CC)C(NC)c1c(Br)cnn1C(C)C. The molecule has 1 aromatic heterocycles. The predicted molar refractivity (Wildman–Crippen MR) is 77.8 cm³/mol. The number of nitrogens with one attached hydrogen (secondary N) is 1. The van der Waals surface area contributed by atoms with Crippen molar-refractivity contribution in [2.45, 2.75) is 52.3 Å². The van der Waals surface area contributed by atoms with Crippen LogP contribution < -0.4 is 5.32 Å². The second kappa shape index (κ2) is 7.26. The fourth-order valence-corrected chi connectivity index (χ4v) is 2.74. The molecular weight excluding hydrogens is 294 g/mol. The molecule has 0 aromatic carbocycles. The van der Waals surface area contributed by atoms with Crippen LogP contribution in [-0.4, -0.2) is 29.5 Å². The lowest BCUT2D eigenvalue weighted by molar-refractivity contribution is 0.0307. The lowest BCUT2D eigenvalue weighted by Crippen LogP contribution is -2.33. The van der Waals surface area contributed by atoms with Gasteiger partial charge in [-0.25, -0.2) is 0 Å². The van der Waals surface area contributed by atoms with Crippen molar-refractivity contribution in [2.24, 2.45) is 0 Å². The Kier molecular flexibility index (Phi) is 6.32. The number of ether oxygens (including phenoxy) is 1. The number of hydrogen-bond donors (Lipinski definition) is 1. The van der Waals surface area contributed by atoms with Crippen molar-refractivity contribution in [3.63, 3.8) is 0 Å². The summed E-state index contributed by atoms with van der Waals surface area (Å²) in [6, 6.07) is 0.482. The van der Waals surface area contributed by atoms with Gasteiger partial charge in [0.15, 0.2) is 0 Å². The van der Waals surface area contributed by atoms with Crippen molar-refractivity contribution in [3.8, 4) is 0 Å². The molecule has 2 unspecified atom stereocenters. The minimum absolute atomic E-state index is 0.147. The summed E-state index contributed by atoms with van der Waals surface area (Å²) in [4.78, 5) is 0. The van der Waals surface area contributed by atoms with Gasteiger partial charge in [0.05, 0.1) is 28.5 Å². The van der Waals surface area contributed by atoms with Crippen LogP contribution in [0, 0.1) is 0 Å². The average molecular weight is 318 g/mol. The largest absolute Gasteiger partial charge is 0.376 e. The Balaban J connectivity index is 3.10. The molecule has 0 aliphatic heterocycles. The zero-order valence-electron chi connectivity index (χ0n) is 11.9. The fraction of sp³-hybridized carbons (Fsp3) is 0.769. The summed E-state index contributed by atoms with van der Waals surface area (Å²) in [6.07, 6.45) is 2.98. The Bertz CT molecular complexity index is 365. The molecule has 0 spiro atoms. The zero-order valence-corrected chi connectivity index (χ0v) is 13.5. The van der Waals surface area contributed by atoms with Crippen molar-refractivity contribution in [3.05, 3.63) is 16.4 Å². The van der Waals surface area contributed by atoms with Crippen molar-refractivity contribution in [2.75, 3.05) is 13.7 Å². The molecule has 1 heterocycles. The Morgan fingerprint density at radius 2 is 2.11 bits per heavy atom. The molecule has 2 atom stereocenters. The van der Waals surface area contributed by atoms with Gasteiger partial charge in [0, 0.05) is 12.6 Å². The van der Waals surface area contributed by atoms with E-state index in [0.29, 0.717) is 6.04 Å². The molecule has 0 bridgehead atoms. The van der Waals surface area contributed by atoms with Gasteiger partial charge in [-0.3, -0.25) is 4.68 Å². The molecule has 1 aromatic rings. The molecule has 0 saturated carbocycles. The molecule has 0 amide bonds. The Hall–Kier alpha value is -0.390. The van der Waals surface area contributed by atoms with Gasteiger partial charge in [0.25, 0.3) is 0 Å². The van der Waals surface area contributed by atoms with E-state index in [1.807, 2.05) is 24.9 Å². The third-order valence-electron chi connectivity index (χ3n) is 3.04. The maximum absolute atomic E-state index is 5.83. The van der Waals surface area contributed by atoms with Crippen LogP contribution in [0.15, 0.2) is 10.7 Å². The number of hydrogen-bond acceptors (Lipinski definition) is 3. The quantitative estimate of drug-likeness (QED) is 0.838. The van der Waals surface area contributed by atoms with Crippen LogP contribution in [0.25, 0.3) is 0 Å². The van der Waals surface area contributed by atoms with E-state index >= 15 is 0 Å². The van der Waals surface area contributed by atoms with Gasteiger partial charge in [0.1, 0.15) is 0 Å². The van der Waals surface area contributed by atoms with Gasteiger partial charge in [-0.2, -0.15) is 5.10 Å². The summed E-state index contributed by atoms with van der Waals surface area (Å²) in [5.74, 6) is 0. The summed E-state index contributed by atoms with van der Waals surface area (Å²) in [6.45, 7) is 9.18. The standard InChI is InChI=1S/C13H24BrN3O/c1-6-11(18-7-2)12(15-5)13-10(14)8-16-17(13)9(3)4/h8-9,11-12,15H,6-7H2,1-5H3. The van der Waals surface area contributed by atoms with E-state index in [1.54, 1.807) is 0 Å². The normalized spacial score (nSPS) is 15.1. The second-order valence-electron chi connectivity index (χ2n) is 4.58. The van der Waals surface area contributed by atoms with Gasteiger partial charge in [-0.1, -0.05) is 6.92 Å². The number of nitrogens with zero attached hydrogens (tertiary/aromatic N) is 2. The van der Waals surface area contributed by atoms with E-state index in [-0.39, 0.29) is 12.1 Å². The highest BCUT2D eigenvalue weighted by Gasteiger charge is 2.27.